The second kappa shape index (κ2) is 30.8. The van der Waals surface area contributed by atoms with Crippen molar-refractivity contribution in [2.75, 3.05) is 6.61 Å². The van der Waals surface area contributed by atoms with Gasteiger partial charge in [0.2, 0.25) is 0 Å². The van der Waals surface area contributed by atoms with Crippen LogP contribution in [0.2, 0.25) is 0 Å². The molecule has 0 heterocycles. The average Bonchev–Trinajstić information content (AvgIpc) is 2.97. The van der Waals surface area contributed by atoms with Gasteiger partial charge in [0.15, 0.2) is 0 Å². The van der Waals surface area contributed by atoms with E-state index in [2.05, 4.69) is 13.8 Å². The van der Waals surface area contributed by atoms with E-state index < -0.39 is 17.5 Å². The molecule has 0 spiro atoms. The molecule has 0 aromatic rings. The van der Waals surface area contributed by atoms with Crippen molar-refractivity contribution in [3.8, 4) is 0 Å². The molecule has 0 bridgehead atoms. The van der Waals surface area contributed by atoms with Gasteiger partial charge in [-0.05, 0) is 19.3 Å². The highest BCUT2D eigenvalue weighted by Crippen LogP contribution is 2.37. The predicted octanol–water partition coefficient (Wildman–Crippen LogP) is 11.5. The van der Waals surface area contributed by atoms with E-state index in [1.54, 1.807) is 0 Å². The zero-order valence-corrected chi connectivity index (χ0v) is 28.0. The normalized spacial score (nSPS) is 12.7. The summed E-state index contributed by atoms with van der Waals surface area (Å²) in [6.45, 7) is 4.18. The summed E-state index contributed by atoms with van der Waals surface area (Å²) < 4.78 is 0. The molecule has 1 atom stereocenters. The summed E-state index contributed by atoms with van der Waals surface area (Å²) in [5.74, 6) is -0.783. The van der Waals surface area contributed by atoms with Crippen LogP contribution in [0.1, 0.15) is 213 Å². The molecule has 0 aromatic heterocycles. The second-order valence-electron chi connectivity index (χ2n) is 13.3. The number of aliphatic carboxylic acids is 1. The molecular weight excluding hydrogens is 508 g/mol. The maximum atomic E-state index is 12.4. The molecule has 0 saturated carbocycles. The monoisotopic (exact) mass is 583 g/mol. The summed E-state index contributed by atoms with van der Waals surface area (Å²) in [4.78, 5) is 12.4. The van der Waals surface area contributed by atoms with Crippen LogP contribution in [0.25, 0.3) is 0 Å². The first-order chi connectivity index (χ1) is 20.0. The highest BCUT2D eigenvalue weighted by Gasteiger charge is 2.39. The Morgan fingerprint density at radius 1 is 0.488 bits per heavy atom. The first kappa shape index (κ1) is 40.4. The molecule has 0 radical (unpaired) electrons. The van der Waals surface area contributed by atoms with E-state index in [1.165, 1.54) is 154 Å². The summed E-state index contributed by atoms with van der Waals surface area (Å²) in [7, 11) is 0. The van der Waals surface area contributed by atoms with Gasteiger partial charge in [-0.3, -0.25) is 4.79 Å². The van der Waals surface area contributed by atoms with E-state index in [-0.39, 0.29) is 13.0 Å². The molecule has 0 saturated heterocycles. The molecule has 0 rings (SSSR count). The van der Waals surface area contributed by atoms with Crippen molar-refractivity contribution in [3.63, 3.8) is 0 Å². The fourth-order valence-electron chi connectivity index (χ4n) is 6.46. The summed E-state index contributed by atoms with van der Waals surface area (Å²) in [6, 6.07) is 0. The van der Waals surface area contributed by atoms with Crippen molar-refractivity contribution in [1.82, 2.24) is 0 Å². The van der Waals surface area contributed by atoms with E-state index in [0.717, 1.165) is 25.7 Å². The van der Waals surface area contributed by atoms with Gasteiger partial charge in [-0.2, -0.15) is 0 Å². The van der Waals surface area contributed by atoms with E-state index in [9.17, 15) is 20.1 Å². The van der Waals surface area contributed by atoms with E-state index in [1.807, 2.05) is 0 Å². The summed E-state index contributed by atoms with van der Waals surface area (Å²) >= 11 is 0. The van der Waals surface area contributed by atoms with Crippen molar-refractivity contribution in [2.24, 2.45) is 5.41 Å². The van der Waals surface area contributed by atoms with Crippen LogP contribution in [0.4, 0.5) is 0 Å². The molecule has 0 fully saturated rings. The number of unbranched alkanes of at least 4 members (excludes halogenated alkanes) is 26. The van der Waals surface area contributed by atoms with Crippen molar-refractivity contribution in [2.45, 2.75) is 219 Å². The average molecular weight is 583 g/mol. The minimum absolute atomic E-state index is 0.176. The molecule has 0 aliphatic rings. The highest BCUT2D eigenvalue weighted by molar-refractivity contribution is 5.74. The largest absolute Gasteiger partial charge is 0.481 e. The Balaban J connectivity index is 4.04. The lowest BCUT2D eigenvalue weighted by Gasteiger charge is -2.31. The number of rotatable bonds is 34. The van der Waals surface area contributed by atoms with Crippen LogP contribution >= 0.6 is 0 Å². The Hall–Kier alpha value is -0.610. The molecule has 3 N–H and O–H groups in total. The SMILES string of the molecule is CCCCCCCCCCCCCCCCC(CCCCCCCCCCCCCCCC)(CC(O)CO)C(=O)O. The lowest BCUT2D eigenvalue weighted by atomic mass is 9.73. The summed E-state index contributed by atoms with van der Waals surface area (Å²) in [5.41, 5.74) is -0.892. The summed E-state index contributed by atoms with van der Waals surface area (Å²) in [5, 5.41) is 29.8. The zero-order valence-electron chi connectivity index (χ0n) is 28.0. The Labute approximate surface area is 256 Å². The number of carboxylic acid groups (broad SMARTS) is 1. The Bertz CT molecular complexity index is 503. The number of aliphatic hydroxyl groups excluding tert-OH is 2. The Kier molecular flexibility index (Phi) is 30.4. The third kappa shape index (κ3) is 25.6. The first-order valence-corrected chi connectivity index (χ1v) is 18.5. The van der Waals surface area contributed by atoms with Crippen LogP contribution in [0, 0.1) is 5.41 Å². The third-order valence-electron chi connectivity index (χ3n) is 9.31. The second-order valence-corrected chi connectivity index (χ2v) is 13.3. The predicted molar refractivity (Wildman–Crippen MR) is 178 cm³/mol. The molecule has 0 amide bonds. The first-order valence-electron chi connectivity index (χ1n) is 18.5. The quantitative estimate of drug-likeness (QED) is 0.0659. The third-order valence-corrected chi connectivity index (χ3v) is 9.31. The van der Waals surface area contributed by atoms with Gasteiger partial charge in [0.05, 0.1) is 18.1 Å². The number of hydrogen-bond acceptors (Lipinski definition) is 3. The topological polar surface area (TPSA) is 77.8 Å². The van der Waals surface area contributed by atoms with Gasteiger partial charge in [0, 0.05) is 0 Å². The van der Waals surface area contributed by atoms with Gasteiger partial charge in [0.25, 0.3) is 0 Å². The van der Waals surface area contributed by atoms with Crippen molar-refractivity contribution < 1.29 is 20.1 Å². The molecular formula is C37H74O4. The maximum absolute atomic E-state index is 12.4. The van der Waals surface area contributed by atoms with E-state index in [0.29, 0.717) is 12.8 Å². The lowest BCUT2D eigenvalue weighted by Crippen LogP contribution is -2.36. The van der Waals surface area contributed by atoms with Crippen molar-refractivity contribution in [3.05, 3.63) is 0 Å². The fraction of sp³-hybridized carbons (Fsp3) is 0.973. The van der Waals surface area contributed by atoms with Crippen LogP contribution in [0.15, 0.2) is 0 Å². The van der Waals surface area contributed by atoms with Crippen LogP contribution in [-0.2, 0) is 4.79 Å². The van der Waals surface area contributed by atoms with Gasteiger partial charge in [-0.1, -0.05) is 194 Å². The van der Waals surface area contributed by atoms with Crippen LogP contribution in [0.5, 0.6) is 0 Å². The van der Waals surface area contributed by atoms with Gasteiger partial charge in [-0.15, -0.1) is 0 Å². The molecule has 246 valence electrons. The minimum Gasteiger partial charge on any atom is -0.481 e. The van der Waals surface area contributed by atoms with Gasteiger partial charge in [0.1, 0.15) is 0 Å². The maximum Gasteiger partial charge on any atom is 0.309 e. The van der Waals surface area contributed by atoms with E-state index >= 15 is 0 Å². The van der Waals surface area contributed by atoms with Crippen LogP contribution in [0.3, 0.4) is 0 Å². The summed E-state index contributed by atoms with van der Waals surface area (Å²) in [6.07, 6.45) is 36.6. The zero-order chi connectivity index (χ0) is 30.3. The molecule has 0 aromatic carbocycles. The Morgan fingerprint density at radius 3 is 0.951 bits per heavy atom. The lowest BCUT2D eigenvalue weighted by molar-refractivity contribution is -0.153. The number of aliphatic hydroxyl groups is 2. The number of hydrogen-bond donors (Lipinski definition) is 3. The van der Waals surface area contributed by atoms with Crippen LogP contribution < -0.4 is 0 Å². The molecule has 41 heavy (non-hydrogen) atoms. The van der Waals surface area contributed by atoms with Gasteiger partial charge in [-0.25, -0.2) is 0 Å². The molecule has 1 unspecified atom stereocenters. The smallest absolute Gasteiger partial charge is 0.309 e. The van der Waals surface area contributed by atoms with E-state index in [4.69, 9.17) is 0 Å². The molecule has 0 aliphatic heterocycles. The van der Waals surface area contributed by atoms with Crippen molar-refractivity contribution in [1.29, 1.82) is 0 Å². The van der Waals surface area contributed by atoms with Crippen molar-refractivity contribution >= 4 is 5.97 Å². The van der Waals surface area contributed by atoms with Gasteiger partial charge >= 0.3 is 5.97 Å². The van der Waals surface area contributed by atoms with Gasteiger partial charge < -0.3 is 15.3 Å². The molecule has 4 nitrogen and oxygen atoms in total. The van der Waals surface area contributed by atoms with Crippen LogP contribution in [-0.4, -0.2) is 34.0 Å². The minimum atomic E-state index is -0.940. The Morgan fingerprint density at radius 2 is 0.732 bits per heavy atom. The molecule has 4 heteroatoms. The fourth-order valence-corrected chi connectivity index (χ4v) is 6.46. The number of carboxylic acids is 1. The molecule has 0 aliphatic carbocycles. The number of carbonyl (C=O) groups is 1. The highest BCUT2D eigenvalue weighted by atomic mass is 16.4. The standard InChI is InChI=1S/C37H74O4/c1-3-5-7-9-11-13-15-17-19-21-23-25-27-29-31-37(36(40)41,33-35(39)34-38)32-30-28-26-24-22-20-18-16-14-12-10-8-6-4-2/h35,38-39H,3-34H2,1-2H3,(H,40,41).